The number of nitrogens with zero attached hydrogens (tertiary/aromatic N) is 3. The highest BCUT2D eigenvalue weighted by Gasteiger charge is 2.11. The molecule has 0 aliphatic heterocycles. The molecule has 19 heavy (non-hydrogen) atoms. The zero-order valence-electron chi connectivity index (χ0n) is 10.3. The lowest BCUT2D eigenvalue weighted by Gasteiger charge is -1.99. The molecule has 1 unspecified atom stereocenters. The third-order valence-electron chi connectivity index (χ3n) is 2.40. The molecule has 0 spiro atoms. The molecule has 98 valence electrons. The Morgan fingerprint density at radius 2 is 2.26 bits per heavy atom. The minimum Gasteiger partial charge on any atom is -0.339 e. The van der Waals surface area contributed by atoms with Gasteiger partial charge in [-0.2, -0.15) is 10.2 Å². The number of benzene rings is 1. The molecule has 0 bridgehead atoms. The molecule has 0 amide bonds. The van der Waals surface area contributed by atoms with Gasteiger partial charge in [-0.3, -0.25) is 0 Å². The first-order valence-electron chi connectivity index (χ1n) is 5.77. The van der Waals surface area contributed by atoms with Gasteiger partial charge in [0.2, 0.25) is 5.89 Å². The van der Waals surface area contributed by atoms with Crippen molar-refractivity contribution in [2.45, 2.75) is 24.0 Å². The molecular weight excluding hydrogens is 265 g/mol. The van der Waals surface area contributed by atoms with Gasteiger partial charge in [-0.05, 0) is 19.1 Å². The Morgan fingerprint density at radius 3 is 3.00 bits per heavy atom. The van der Waals surface area contributed by atoms with E-state index in [4.69, 9.17) is 9.78 Å². The van der Waals surface area contributed by atoms with Crippen LogP contribution in [0.15, 0.2) is 33.7 Å². The second kappa shape index (κ2) is 6.34. The number of aromatic nitrogens is 2. The predicted molar refractivity (Wildman–Crippen MR) is 68.7 cm³/mol. The van der Waals surface area contributed by atoms with E-state index in [-0.39, 0.29) is 11.7 Å². The number of hydrogen-bond donors (Lipinski definition) is 0. The first-order chi connectivity index (χ1) is 9.19. The van der Waals surface area contributed by atoms with Crippen LogP contribution in [0.3, 0.4) is 0 Å². The maximum Gasteiger partial charge on any atom is 0.227 e. The molecule has 0 saturated heterocycles. The van der Waals surface area contributed by atoms with Gasteiger partial charge < -0.3 is 4.52 Å². The number of halogens is 1. The van der Waals surface area contributed by atoms with Crippen molar-refractivity contribution in [3.05, 3.63) is 41.8 Å². The summed E-state index contributed by atoms with van der Waals surface area (Å²) < 4.78 is 18.4. The second-order valence-corrected chi connectivity index (χ2v) is 5.07. The van der Waals surface area contributed by atoms with E-state index in [9.17, 15) is 4.39 Å². The van der Waals surface area contributed by atoms with Crippen LogP contribution >= 0.6 is 11.8 Å². The fourth-order valence-corrected chi connectivity index (χ4v) is 2.23. The van der Waals surface area contributed by atoms with Gasteiger partial charge in [0.05, 0.1) is 17.7 Å². The van der Waals surface area contributed by atoms with E-state index in [0.717, 1.165) is 0 Å². The molecule has 2 aromatic rings. The third kappa shape index (κ3) is 3.80. The summed E-state index contributed by atoms with van der Waals surface area (Å²) in [5, 5.41) is 12.5. The SMILES string of the molecule is CC(C#N)Cc1nc(CSc2ccccc2F)no1. The molecule has 0 saturated carbocycles. The first-order valence-corrected chi connectivity index (χ1v) is 6.76. The molecular formula is C13H12FN3OS. The summed E-state index contributed by atoms with van der Waals surface area (Å²) in [6.07, 6.45) is 0.438. The highest BCUT2D eigenvalue weighted by atomic mass is 32.2. The van der Waals surface area contributed by atoms with Crippen molar-refractivity contribution in [2.75, 3.05) is 0 Å². The van der Waals surface area contributed by atoms with Gasteiger partial charge in [-0.1, -0.05) is 17.3 Å². The van der Waals surface area contributed by atoms with Crippen molar-refractivity contribution in [3.63, 3.8) is 0 Å². The summed E-state index contributed by atoms with van der Waals surface area (Å²) in [5.74, 6) is 0.971. The molecule has 0 fully saturated rings. The van der Waals surface area contributed by atoms with Crippen LogP contribution in [0.4, 0.5) is 4.39 Å². The predicted octanol–water partition coefficient (Wildman–Crippen LogP) is 3.20. The zero-order chi connectivity index (χ0) is 13.7. The van der Waals surface area contributed by atoms with E-state index in [0.29, 0.717) is 28.8 Å². The molecule has 4 nitrogen and oxygen atoms in total. The van der Waals surface area contributed by atoms with Crippen molar-refractivity contribution >= 4 is 11.8 Å². The lowest BCUT2D eigenvalue weighted by Crippen LogP contribution is -1.96. The largest absolute Gasteiger partial charge is 0.339 e. The number of hydrogen-bond acceptors (Lipinski definition) is 5. The van der Waals surface area contributed by atoms with E-state index >= 15 is 0 Å². The maximum absolute atomic E-state index is 13.4. The van der Waals surface area contributed by atoms with E-state index in [1.807, 2.05) is 0 Å². The van der Waals surface area contributed by atoms with E-state index in [1.165, 1.54) is 17.8 Å². The maximum atomic E-state index is 13.4. The van der Waals surface area contributed by atoms with E-state index in [2.05, 4.69) is 16.2 Å². The summed E-state index contributed by atoms with van der Waals surface area (Å²) in [5.41, 5.74) is 0. The first kappa shape index (κ1) is 13.6. The number of rotatable bonds is 5. The van der Waals surface area contributed by atoms with Crippen LogP contribution in [0.2, 0.25) is 0 Å². The fraction of sp³-hybridized carbons (Fsp3) is 0.308. The van der Waals surface area contributed by atoms with Crippen molar-refractivity contribution < 1.29 is 8.91 Å². The second-order valence-electron chi connectivity index (χ2n) is 4.06. The Kier molecular flexibility index (Phi) is 4.53. The standard InChI is InChI=1S/C13H12FN3OS/c1-9(7-15)6-13-16-12(17-18-13)8-19-11-5-3-2-4-10(11)14/h2-5,9H,6,8H2,1H3. The Bertz CT molecular complexity index is 594. The molecule has 0 aliphatic carbocycles. The molecule has 2 rings (SSSR count). The van der Waals surface area contributed by atoms with Crippen molar-refractivity contribution in [1.82, 2.24) is 10.1 Å². The number of nitriles is 1. The molecule has 0 radical (unpaired) electrons. The highest BCUT2D eigenvalue weighted by molar-refractivity contribution is 7.98. The van der Waals surface area contributed by atoms with Crippen molar-refractivity contribution in [1.29, 1.82) is 5.26 Å². The third-order valence-corrected chi connectivity index (χ3v) is 3.45. The fourth-order valence-electron chi connectivity index (χ4n) is 1.44. The summed E-state index contributed by atoms with van der Waals surface area (Å²) >= 11 is 1.31. The minimum atomic E-state index is -0.255. The van der Waals surface area contributed by atoms with Crippen molar-refractivity contribution in [3.8, 4) is 6.07 Å². The van der Waals surface area contributed by atoms with E-state index in [1.54, 1.807) is 25.1 Å². The van der Waals surface area contributed by atoms with Gasteiger partial charge in [-0.15, -0.1) is 11.8 Å². The number of thioether (sulfide) groups is 1. The zero-order valence-corrected chi connectivity index (χ0v) is 11.2. The van der Waals surface area contributed by atoms with Gasteiger partial charge >= 0.3 is 0 Å². The van der Waals surface area contributed by atoms with Crippen LogP contribution < -0.4 is 0 Å². The van der Waals surface area contributed by atoms with E-state index < -0.39 is 0 Å². The molecule has 1 atom stereocenters. The van der Waals surface area contributed by atoms with Gasteiger partial charge in [0.15, 0.2) is 5.82 Å². The molecule has 1 heterocycles. The van der Waals surface area contributed by atoms with Gasteiger partial charge in [0.1, 0.15) is 5.82 Å². The van der Waals surface area contributed by atoms with Gasteiger partial charge in [0.25, 0.3) is 0 Å². The minimum absolute atomic E-state index is 0.160. The van der Waals surface area contributed by atoms with Crippen LogP contribution in [0, 0.1) is 23.1 Å². The smallest absolute Gasteiger partial charge is 0.227 e. The lowest BCUT2D eigenvalue weighted by atomic mass is 10.1. The Morgan fingerprint density at radius 1 is 1.47 bits per heavy atom. The normalized spacial score (nSPS) is 12.1. The van der Waals surface area contributed by atoms with Crippen LogP contribution in [0.1, 0.15) is 18.6 Å². The average Bonchev–Trinajstić information content (AvgIpc) is 2.85. The van der Waals surface area contributed by atoms with Crippen LogP contribution in [-0.4, -0.2) is 10.1 Å². The lowest BCUT2D eigenvalue weighted by molar-refractivity contribution is 0.366. The van der Waals surface area contributed by atoms with Crippen LogP contribution in [0.5, 0.6) is 0 Å². The Balaban J connectivity index is 1.94. The molecule has 0 N–H and O–H groups in total. The van der Waals surface area contributed by atoms with Crippen LogP contribution in [0.25, 0.3) is 0 Å². The molecule has 1 aromatic heterocycles. The Hall–Kier alpha value is -1.87. The highest BCUT2D eigenvalue weighted by Crippen LogP contribution is 2.24. The summed E-state index contributed by atoms with van der Waals surface area (Å²) in [6.45, 7) is 1.79. The monoisotopic (exact) mass is 277 g/mol. The summed E-state index contributed by atoms with van der Waals surface area (Å²) in [7, 11) is 0. The molecule has 0 aliphatic rings. The van der Waals surface area contributed by atoms with Gasteiger partial charge in [-0.25, -0.2) is 4.39 Å². The molecule has 6 heteroatoms. The van der Waals surface area contributed by atoms with Crippen LogP contribution in [-0.2, 0) is 12.2 Å². The Labute approximate surface area is 114 Å². The summed E-state index contributed by atoms with van der Waals surface area (Å²) in [4.78, 5) is 4.73. The average molecular weight is 277 g/mol. The van der Waals surface area contributed by atoms with Crippen molar-refractivity contribution in [2.24, 2.45) is 5.92 Å². The topological polar surface area (TPSA) is 62.7 Å². The van der Waals surface area contributed by atoms with Gasteiger partial charge in [0, 0.05) is 11.3 Å². The molecule has 1 aromatic carbocycles. The quantitative estimate of drug-likeness (QED) is 0.785. The summed E-state index contributed by atoms with van der Waals surface area (Å²) in [6, 6.07) is 8.66.